The molecule has 1 N–H and O–H groups in total. The summed E-state index contributed by atoms with van der Waals surface area (Å²) in [5, 5.41) is 4.47. The van der Waals surface area contributed by atoms with Crippen LogP contribution in [0.2, 0.25) is 0 Å². The Labute approximate surface area is 132 Å². The van der Waals surface area contributed by atoms with Gasteiger partial charge in [0, 0.05) is 17.0 Å². The van der Waals surface area contributed by atoms with Gasteiger partial charge in [0.2, 0.25) is 5.95 Å². The lowest BCUT2D eigenvalue weighted by molar-refractivity contribution is 0.863. The Kier molecular flexibility index (Phi) is 5.26. The second kappa shape index (κ2) is 7.16. The Morgan fingerprint density at radius 1 is 1.23 bits per heavy atom. The third kappa shape index (κ3) is 3.91. The van der Waals surface area contributed by atoms with E-state index in [9.17, 15) is 0 Å². The lowest BCUT2D eigenvalue weighted by Gasteiger charge is -2.12. The second-order valence-corrected chi connectivity index (χ2v) is 5.73. The summed E-state index contributed by atoms with van der Waals surface area (Å²) in [7, 11) is 0. The third-order valence-corrected chi connectivity index (χ3v) is 3.57. The van der Waals surface area contributed by atoms with E-state index in [-0.39, 0.29) is 0 Å². The number of hydrogen-bond acceptors (Lipinski definition) is 4. The molecular weight excluding hydrogens is 272 g/mol. The fourth-order valence-electron chi connectivity index (χ4n) is 2.39. The molecule has 4 nitrogen and oxygen atoms in total. The Morgan fingerprint density at radius 3 is 2.64 bits per heavy atom. The summed E-state index contributed by atoms with van der Waals surface area (Å²) in [6, 6.07) is 10.4. The van der Waals surface area contributed by atoms with Gasteiger partial charge in [-0.3, -0.25) is 0 Å². The smallest absolute Gasteiger partial charge is 0.243 e. The van der Waals surface area contributed by atoms with Gasteiger partial charge in [-0.05, 0) is 37.8 Å². The number of rotatable bonds is 5. The molecule has 0 amide bonds. The maximum Gasteiger partial charge on any atom is 0.243 e. The minimum atomic E-state index is 0.461. The van der Waals surface area contributed by atoms with E-state index in [1.54, 1.807) is 0 Å². The summed E-state index contributed by atoms with van der Waals surface area (Å²) in [4.78, 5) is 8.82. The molecule has 0 aliphatic heterocycles. The van der Waals surface area contributed by atoms with Crippen LogP contribution in [0.15, 0.2) is 35.4 Å². The largest absolute Gasteiger partial charge is 0.245 e. The van der Waals surface area contributed by atoms with Crippen molar-refractivity contribution in [1.29, 1.82) is 0 Å². The normalized spacial score (nSPS) is 11.8. The van der Waals surface area contributed by atoms with Gasteiger partial charge in [0.05, 0.1) is 5.71 Å². The summed E-state index contributed by atoms with van der Waals surface area (Å²) < 4.78 is 0. The lowest BCUT2D eigenvalue weighted by Crippen LogP contribution is -2.07. The average Bonchev–Trinajstić information content (AvgIpc) is 2.52. The van der Waals surface area contributed by atoms with E-state index in [1.165, 1.54) is 5.56 Å². The number of aryl methyl sites for hydroxylation is 2. The number of nitrogens with one attached hydrogen (secondary N) is 1. The van der Waals surface area contributed by atoms with Crippen LogP contribution < -0.4 is 5.43 Å². The summed E-state index contributed by atoms with van der Waals surface area (Å²) >= 11 is 0. The van der Waals surface area contributed by atoms with E-state index in [0.29, 0.717) is 11.9 Å². The fraction of sp³-hybridized carbons (Fsp3) is 0.389. The van der Waals surface area contributed by atoms with E-state index in [4.69, 9.17) is 0 Å². The van der Waals surface area contributed by atoms with Crippen LogP contribution in [0.25, 0.3) is 0 Å². The van der Waals surface area contributed by atoms with Crippen LogP contribution in [0.3, 0.4) is 0 Å². The van der Waals surface area contributed by atoms with Gasteiger partial charge in [-0.15, -0.1) is 0 Å². The minimum Gasteiger partial charge on any atom is -0.245 e. The summed E-state index contributed by atoms with van der Waals surface area (Å²) in [5.41, 5.74) is 8.35. The van der Waals surface area contributed by atoms with Crippen LogP contribution in [-0.2, 0) is 6.42 Å². The first-order chi connectivity index (χ1) is 10.5. The number of nitrogens with zero attached hydrogens (tertiary/aromatic N) is 3. The molecule has 22 heavy (non-hydrogen) atoms. The Hall–Kier alpha value is -2.23. The number of aromatic nitrogens is 2. The molecule has 0 aliphatic carbocycles. The highest BCUT2D eigenvalue weighted by atomic mass is 15.4. The second-order valence-electron chi connectivity index (χ2n) is 5.73. The summed E-state index contributed by atoms with van der Waals surface area (Å²) in [5.74, 6) is 1.02. The van der Waals surface area contributed by atoms with Crippen molar-refractivity contribution < 1.29 is 0 Å². The zero-order chi connectivity index (χ0) is 16.1. The molecule has 1 aromatic heterocycles. The van der Waals surface area contributed by atoms with Crippen molar-refractivity contribution in [2.45, 2.75) is 47.0 Å². The SMILES string of the molecule is CCc1cc(C)nc(NN=C(C)c2ccccc2C(C)C)n1. The van der Waals surface area contributed by atoms with Crippen molar-refractivity contribution >= 4 is 11.7 Å². The number of anilines is 1. The van der Waals surface area contributed by atoms with Gasteiger partial charge in [-0.1, -0.05) is 45.0 Å². The topological polar surface area (TPSA) is 50.2 Å². The van der Waals surface area contributed by atoms with E-state index in [1.807, 2.05) is 26.0 Å². The van der Waals surface area contributed by atoms with Crippen molar-refractivity contribution in [2.24, 2.45) is 5.10 Å². The first-order valence-electron chi connectivity index (χ1n) is 7.75. The first-order valence-corrected chi connectivity index (χ1v) is 7.75. The molecule has 0 radical (unpaired) electrons. The molecule has 0 atom stereocenters. The Bertz CT molecular complexity index is 675. The Morgan fingerprint density at radius 2 is 1.95 bits per heavy atom. The van der Waals surface area contributed by atoms with Gasteiger partial charge in [0.25, 0.3) is 0 Å². The molecule has 0 saturated carbocycles. The number of benzene rings is 1. The van der Waals surface area contributed by atoms with E-state index >= 15 is 0 Å². The minimum absolute atomic E-state index is 0.461. The molecule has 0 bridgehead atoms. The highest BCUT2D eigenvalue weighted by molar-refractivity contribution is 6.00. The monoisotopic (exact) mass is 296 g/mol. The quantitative estimate of drug-likeness (QED) is 0.661. The molecule has 4 heteroatoms. The van der Waals surface area contributed by atoms with Crippen LogP contribution >= 0.6 is 0 Å². The van der Waals surface area contributed by atoms with Crippen molar-refractivity contribution in [2.75, 3.05) is 5.43 Å². The molecule has 0 aliphatic rings. The fourth-order valence-corrected chi connectivity index (χ4v) is 2.39. The van der Waals surface area contributed by atoms with Gasteiger partial charge in [-0.25, -0.2) is 15.4 Å². The average molecular weight is 296 g/mol. The van der Waals surface area contributed by atoms with E-state index in [0.717, 1.165) is 29.1 Å². The standard InChI is InChI=1S/C18H24N4/c1-6-15-11-13(4)19-18(20-15)22-21-14(5)17-10-8-7-9-16(17)12(2)3/h7-12H,6H2,1-5H3,(H,19,20,22). The zero-order valence-electron chi connectivity index (χ0n) is 14.0. The maximum atomic E-state index is 4.47. The highest BCUT2D eigenvalue weighted by Gasteiger charge is 2.08. The highest BCUT2D eigenvalue weighted by Crippen LogP contribution is 2.20. The molecule has 2 rings (SSSR count). The van der Waals surface area contributed by atoms with Crippen LogP contribution in [0.4, 0.5) is 5.95 Å². The molecule has 0 unspecified atom stereocenters. The molecule has 1 heterocycles. The summed E-state index contributed by atoms with van der Waals surface area (Å²) in [6.07, 6.45) is 0.886. The van der Waals surface area contributed by atoms with Crippen LogP contribution in [0.5, 0.6) is 0 Å². The molecule has 0 spiro atoms. The maximum absolute atomic E-state index is 4.47. The van der Waals surface area contributed by atoms with Crippen molar-refractivity contribution in [1.82, 2.24) is 9.97 Å². The molecule has 116 valence electrons. The predicted molar refractivity (Wildman–Crippen MR) is 92.5 cm³/mol. The van der Waals surface area contributed by atoms with Gasteiger partial charge < -0.3 is 0 Å². The van der Waals surface area contributed by atoms with Gasteiger partial charge in [-0.2, -0.15) is 5.10 Å². The summed E-state index contributed by atoms with van der Waals surface area (Å²) in [6.45, 7) is 10.4. The Balaban J connectivity index is 2.25. The van der Waals surface area contributed by atoms with Crippen LogP contribution in [0.1, 0.15) is 56.1 Å². The zero-order valence-corrected chi connectivity index (χ0v) is 14.0. The first kappa shape index (κ1) is 16.1. The molecule has 0 saturated heterocycles. The third-order valence-electron chi connectivity index (χ3n) is 3.57. The van der Waals surface area contributed by atoms with Crippen LogP contribution in [0, 0.1) is 6.92 Å². The lowest BCUT2D eigenvalue weighted by atomic mass is 9.95. The number of hydrogen-bond donors (Lipinski definition) is 1. The predicted octanol–water partition coefficient (Wildman–Crippen LogP) is 4.31. The van der Waals surface area contributed by atoms with Crippen molar-refractivity contribution in [3.05, 3.63) is 52.8 Å². The van der Waals surface area contributed by atoms with Crippen molar-refractivity contribution in [3.8, 4) is 0 Å². The van der Waals surface area contributed by atoms with Gasteiger partial charge >= 0.3 is 0 Å². The van der Waals surface area contributed by atoms with Crippen LogP contribution in [-0.4, -0.2) is 15.7 Å². The van der Waals surface area contributed by atoms with Gasteiger partial charge in [0.1, 0.15) is 0 Å². The molecule has 0 fully saturated rings. The van der Waals surface area contributed by atoms with Crippen molar-refractivity contribution in [3.63, 3.8) is 0 Å². The molecular formula is C18H24N4. The van der Waals surface area contributed by atoms with E-state index < -0.39 is 0 Å². The number of hydrazone groups is 1. The van der Waals surface area contributed by atoms with E-state index in [2.05, 4.69) is 59.5 Å². The van der Waals surface area contributed by atoms with Gasteiger partial charge in [0.15, 0.2) is 0 Å². The molecule has 1 aromatic carbocycles. The molecule has 2 aromatic rings.